The zero-order valence-corrected chi connectivity index (χ0v) is 16.0. The Labute approximate surface area is 171 Å². The molecule has 2 heterocycles. The van der Waals surface area contributed by atoms with Crippen molar-refractivity contribution in [1.29, 1.82) is 0 Å². The fourth-order valence-electron chi connectivity index (χ4n) is 3.41. The van der Waals surface area contributed by atoms with Gasteiger partial charge in [-0.15, -0.1) is 13.2 Å². The van der Waals surface area contributed by atoms with Gasteiger partial charge in [0.25, 0.3) is 0 Å². The summed E-state index contributed by atoms with van der Waals surface area (Å²) < 4.78 is 41.5. The number of hydrogen-bond acceptors (Lipinski definition) is 6. The Balaban J connectivity index is 1.62. The Morgan fingerprint density at radius 3 is 2.57 bits per heavy atom. The molecule has 0 radical (unpaired) electrons. The third-order valence-electron chi connectivity index (χ3n) is 4.71. The van der Waals surface area contributed by atoms with E-state index in [9.17, 15) is 13.2 Å². The van der Waals surface area contributed by atoms with Gasteiger partial charge in [-0.2, -0.15) is 4.98 Å². The number of halogens is 3. The van der Waals surface area contributed by atoms with E-state index in [0.717, 1.165) is 31.2 Å². The molecule has 0 unspecified atom stereocenters. The lowest BCUT2D eigenvalue weighted by molar-refractivity contribution is -0.274. The molecule has 0 atom stereocenters. The van der Waals surface area contributed by atoms with Crippen molar-refractivity contribution in [3.8, 4) is 17.0 Å². The van der Waals surface area contributed by atoms with Gasteiger partial charge in [-0.25, -0.2) is 4.98 Å². The highest BCUT2D eigenvalue weighted by Crippen LogP contribution is 2.29. The highest BCUT2D eigenvalue weighted by molar-refractivity contribution is 5.67. The maximum absolute atomic E-state index is 12.5. The standard InChI is InChI=1S/C21H20F3N5O/c22-21(23,24)30-17-9-3-8-16(11-17)26-19-12-18(14-5-4-10-25-13-14)28-20(29-19)27-15-6-1-2-7-15/h3-5,8-13,15H,1-2,6-7H2,(H2,26,27,28,29). The molecule has 3 aromatic rings. The van der Waals surface area contributed by atoms with Crippen molar-refractivity contribution >= 4 is 17.5 Å². The third-order valence-corrected chi connectivity index (χ3v) is 4.71. The van der Waals surface area contributed by atoms with Gasteiger partial charge in [-0.1, -0.05) is 18.9 Å². The minimum absolute atomic E-state index is 0.307. The summed E-state index contributed by atoms with van der Waals surface area (Å²) in [7, 11) is 0. The Morgan fingerprint density at radius 2 is 1.83 bits per heavy atom. The number of ether oxygens (including phenoxy) is 1. The lowest BCUT2D eigenvalue weighted by Gasteiger charge is -2.15. The molecule has 1 saturated carbocycles. The van der Waals surface area contributed by atoms with Gasteiger partial charge in [0, 0.05) is 41.8 Å². The van der Waals surface area contributed by atoms with Crippen LogP contribution in [-0.2, 0) is 0 Å². The van der Waals surface area contributed by atoms with E-state index in [1.165, 1.54) is 18.2 Å². The maximum atomic E-state index is 12.5. The van der Waals surface area contributed by atoms with Gasteiger partial charge < -0.3 is 15.4 Å². The molecule has 2 aromatic heterocycles. The molecule has 4 rings (SSSR count). The molecule has 1 aliphatic rings. The number of alkyl halides is 3. The zero-order chi connectivity index (χ0) is 21.0. The lowest BCUT2D eigenvalue weighted by Crippen LogP contribution is -2.17. The first-order valence-corrected chi connectivity index (χ1v) is 9.63. The average Bonchev–Trinajstić information content (AvgIpc) is 3.20. The fourth-order valence-corrected chi connectivity index (χ4v) is 3.41. The van der Waals surface area contributed by atoms with Gasteiger partial charge in [0.1, 0.15) is 11.6 Å². The third kappa shape index (κ3) is 5.37. The number of nitrogens with one attached hydrogen (secondary N) is 2. The molecule has 0 aliphatic heterocycles. The van der Waals surface area contributed by atoms with E-state index in [0.29, 0.717) is 29.2 Å². The molecule has 30 heavy (non-hydrogen) atoms. The minimum atomic E-state index is -4.75. The van der Waals surface area contributed by atoms with E-state index < -0.39 is 6.36 Å². The summed E-state index contributed by atoms with van der Waals surface area (Å²) in [4.78, 5) is 13.2. The van der Waals surface area contributed by atoms with E-state index >= 15 is 0 Å². The van der Waals surface area contributed by atoms with Gasteiger partial charge in [0.05, 0.1) is 5.69 Å². The van der Waals surface area contributed by atoms with Crippen molar-refractivity contribution in [2.75, 3.05) is 10.6 Å². The van der Waals surface area contributed by atoms with E-state index in [1.807, 2.05) is 12.1 Å². The van der Waals surface area contributed by atoms with Crippen LogP contribution in [-0.4, -0.2) is 27.4 Å². The first-order valence-electron chi connectivity index (χ1n) is 9.63. The van der Waals surface area contributed by atoms with Crippen LogP contribution in [0, 0.1) is 0 Å². The van der Waals surface area contributed by atoms with Crippen LogP contribution in [0.3, 0.4) is 0 Å². The molecule has 1 aliphatic carbocycles. The van der Waals surface area contributed by atoms with E-state index in [-0.39, 0.29) is 5.75 Å². The van der Waals surface area contributed by atoms with E-state index in [2.05, 4.69) is 30.3 Å². The van der Waals surface area contributed by atoms with Crippen LogP contribution in [0.5, 0.6) is 5.75 Å². The van der Waals surface area contributed by atoms with Gasteiger partial charge in [-0.05, 0) is 37.1 Å². The summed E-state index contributed by atoms with van der Waals surface area (Å²) in [6.07, 6.45) is 3.06. The Bertz CT molecular complexity index is 991. The van der Waals surface area contributed by atoms with Crippen LogP contribution in [0.1, 0.15) is 25.7 Å². The van der Waals surface area contributed by atoms with Crippen molar-refractivity contribution in [2.24, 2.45) is 0 Å². The number of hydrogen-bond donors (Lipinski definition) is 2. The maximum Gasteiger partial charge on any atom is 0.573 e. The number of nitrogens with zero attached hydrogens (tertiary/aromatic N) is 3. The number of aromatic nitrogens is 3. The molecule has 0 amide bonds. The van der Waals surface area contributed by atoms with Gasteiger partial charge in [0.15, 0.2) is 0 Å². The molecule has 1 fully saturated rings. The molecule has 2 N–H and O–H groups in total. The predicted molar refractivity (Wildman–Crippen MR) is 108 cm³/mol. The van der Waals surface area contributed by atoms with Crippen LogP contribution in [0.15, 0.2) is 54.9 Å². The first kappa shape index (κ1) is 19.9. The number of pyridine rings is 1. The first-order chi connectivity index (χ1) is 14.4. The highest BCUT2D eigenvalue weighted by atomic mass is 19.4. The summed E-state index contributed by atoms with van der Waals surface area (Å²) in [6.45, 7) is 0. The summed E-state index contributed by atoms with van der Waals surface area (Å²) in [6, 6.07) is 11.4. The number of rotatable bonds is 6. The van der Waals surface area contributed by atoms with Crippen molar-refractivity contribution in [3.05, 3.63) is 54.9 Å². The molecule has 6 nitrogen and oxygen atoms in total. The van der Waals surface area contributed by atoms with Crippen LogP contribution >= 0.6 is 0 Å². The van der Waals surface area contributed by atoms with Gasteiger partial charge in [0.2, 0.25) is 5.95 Å². The molecule has 9 heteroatoms. The number of anilines is 3. The topological polar surface area (TPSA) is 72.0 Å². The van der Waals surface area contributed by atoms with Crippen LogP contribution in [0.25, 0.3) is 11.3 Å². The Hall–Kier alpha value is -3.36. The summed E-state index contributed by atoms with van der Waals surface area (Å²) >= 11 is 0. The van der Waals surface area contributed by atoms with Gasteiger partial charge in [-0.3, -0.25) is 4.98 Å². The second kappa shape index (κ2) is 8.56. The Morgan fingerprint density at radius 1 is 1.00 bits per heavy atom. The predicted octanol–water partition coefficient (Wildman–Crippen LogP) is 5.54. The average molecular weight is 415 g/mol. The molecule has 0 spiro atoms. The van der Waals surface area contributed by atoms with Gasteiger partial charge >= 0.3 is 6.36 Å². The molecule has 156 valence electrons. The van der Waals surface area contributed by atoms with Crippen molar-refractivity contribution in [2.45, 2.75) is 38.1 Å². The van der Waals surface area contributed by atoms with E-state index in [4.69, 9.17) is 0 Å². The normalized spacial score (nSPS) is 14.5. The summed E-state index contributed by atoms with van der Waals surface area (Å²) in [5.74, 6) is 0.611. The van der Waals surface area contributed by atoms with Crippen molar-refractivity contribution < 1.29 is 17.9 Å². The second-order valence-electron chi connectivity index (χ2n) is 7.03. The lowest BCUT2D eigenvalue weighted by atomic mass is 10.2. The highest BCUT2D eigenvalue weighted by Gasteiger charge is 2.31. The summed E-state index contributed by atoms with van der Waals surface area (Å²) in [5, 5.41) is 6.41. The van der Waals surface area contributed by atoms with Crippen LogP contribution < -0.4 is 15.4 Å². The fraction of sp³-hybridized carbons (Fsp3) is 0.286. The smallest absolute Gasteiger partial charge is 0.406 e. The zero-order valence-electron chi connectivity index (χ0n) is 16.0. The Kier molecular flexibility index (Phi) is 5.69. The monoisotopic (exact) mass is 415 g/mol. The quantitative estimate of drug-likeness (QED) is 0.551. The number of benzene rings is 1. The second-order valence-corrected chi connectivity index (χ2v) is 7.03. The molecular formula is C21H20F3N5O. The van der Waals surface area contributed by atoms with Crippen molar-refractivity contribution in [1.82, 2.24) is 15.0 Å². The molecule has 1 aromatic carbocycles. The molecule has 0 saturated heterocycles. The molecule has 0 bridgehead atoms. The van der Waals surface area contributed by atoms with E-state index in [1.54, 1.807) is 24.5 Å². The van der Waals surface area contributed by atoms with Crippen LogP contribution in [0.4, 0.5) is 30.6 Å². The SMILES string of the molecule is FC(F)(F)Oc1cccc(Nc2cc(-c3cccnc3)nc(NC3CCCC3)n2)c1. The summed E-state index contributed by atoms with van der Waals surface area (Å²) in [5.41, 5.74) is 1.88. The molecular weight excluding hydrogens is 395 g/mol. The van der Waals surface area contributed by atoms with Crippen LogP contribution in [0.2, 0.25) is 0 Å². The van der Waals surface area contributed by atoms with Crippen molar-refractivity contribution in [3.63, 3.8) is 0 Å². The largest absolute Gasteiger partial charge is 0.573 e. The minimum Gasteiger partial charge on any atom is -0.406 e.